The van der Waals surface area contributed by atoms with Crippen molar-refractivity contribution in [1.29, 1.82) is 0 Å². The number of benzene rings is 2. The number of nitrogens with two attached hydrogens (primary N) is 1. The summed E-state index contributed by atoms with van der Waals surface area (Å²) in [6.07, 6.45) is 0.856. The van der Waals surface area contributed by atoms with Gasteiger partial charge in [0.25, 0.3) is 5.91 Å². The summed E-state index contributed by atoms with van der Waals surface area (Å²) < 4.78 is 0. The summed E-state index contributed by atoms with van der Waals surface area (Å²) >= 11 is 6.16. The maximum Gasteiger partial charge on any atom is 0.254 e. The molecule has 2 aromatic rings. The zero-order valence-electron chi connectivity index (χ0n) is 16.8. The van der Waals surface area contributed by atoms with Crippen LogP contribution in [0, 0.1) is 5.41 Å². The molecule has 0 radical (unpaired) electrons. The van der Waals surface area contributed by atoms with E-state index in [-0.39, 0.29) is 22.8 Å². The lowest BCUT2D eigenvalue weighted by atomic mass is 9.55. The molecule has 0 saturated carbocycles. The number of rotatable bonds is 3. The second-order valence-electron chi connectivity index (χ2n) is 8.55. The van der Waals surface area contributed by atoms with Crippen LogP contribution < -0.4 is 5.73 Å². The van der Waals surface area contributed by atoms with Crippen LogP contribution in [0.25, 0.3) is 0 Å². The highest BCUT2D eigenvalue weighted by Gasteiger charge is 2.51. The van der Waals surface area contributed by atoms with Crippen molar-refractivity contribution in [2.75, 3.05) is 12.3 Å². The second kappa shape index (κ2) is 6.87. The predicted octanol–water partition coefficient (Wildman–Crippen LogP) is 5.31. The Balaban J connectivity index is 2.04. The van der Waals surface area contributed by atoms with Gasteiger partial charge in [-0.05, 0) is 53.5 Å². The van der Waals surface area contributed by atoms with Gasteiger partial charge in [0.05, 0.1) is 10.7 Å². The molecule has 0 saturated heterocycles. The average Bonchev–Trinajstić information content (AvgIpc) is 2.62. The monoisotopic (exact) mass is 384 g/mol. The molecule has 3 rings (SSSR count). The molecule has 1 atom stereocenters. The molecule has 2 N–H and O–H groups in total. The fourth-order valence-corrected chi connectivity index (χ4v) is 4.55. The molecular formula is C23H29ClN2O. The molecule has 27 heavy (non-hydrogen) atoms. The van der Waals surface area contributed by atoms with E-state index < -0.39 is 0 Å². The van der Waals surface area contributed by atoms with Crippen molar-refractivity contribution in [3.63, 3.8) is 0 Å². The largest absolute Gasteiger partial charge is 0.398 e. The fourth-order valence-electron chi connectivity index (χ4n) is 4.37. The van der Waals surface area contributed by atoms with Crippen molar-refractivity contribution < 1.29 is 4.79 Å². The first-order valence-electron chi connectivity index (χ1n) is 9.55. The summed E-state index contributed by atoms with van der Waals surface area (Å²) in [5.74, 6) is 0.00709. The molecule has 1 aliphatic carbocycles. The van der Waals surface area contributed by atoms with Gasteiger partial charge in [0.15, 0.2) is 0 Å². The maximum absolute atomic E-state index is 13.4. The van der Waals surface area contributed by atoms with Gasteiger partial charge in [0.2, 0.25) is 0 Å². The van der Waals surface area contributed by atoms with Crippen LogP contribution in [0.15, 0.2) is 42.5 Å². The number of nitrogen functional groups attached to an aromatic ring is 1. The fraction of sp³-hybridized carbons (Fsp3) is 0.435. The molecule has 0 bridgehead atoms. The van der Waals surface area contributed by atoms with Crippen LogP contribution in [0.2, 0.25) is 5.02 Å². The summed E-state index contributed by atoms with van der Waals surface area (Å²) in [6.45, 7) is 11.8. The number of fused-ring (bicyclic) bond motifs is 1. The van der Waals surface area contributed by atoms with E-state index in [2.05, 4.69) is 52.0 Å². The number of carbonyl (C=O) groups excluding carboxylic acids is 1. The number of carbonyl (C=O) groups is 1. The van der Waals surface area contributed by atoms with Crippen molar-refractivity contribution in [2.45, 2.75) is 52.5 Å². The first-order valence-corrected chi connectivity index (χ1v) is 9.93. The van der Waals surface area contributed by atoms with Crippen molar-refractivity contribution in [1.82, 2.24) is 4.90 Å². The van der Waals surface area contributed by atoms with Crippen LogP contribution in [0.3, 0.4) is 0 Å². The molecule has 0 aromatic heterocycles. The number of hydrogen-bond acceptors (Lipinski definition) is 2. The number of nitrogens with zero attached hydrogens (tertiary/aromatic N) is 1. The van der Waals surface area contributed by atoms with Crippen molar-refractivity contribution >= 4 is 23.2 Å². The molecule has 4 heteroatoms. The van der Waals surface area contributed by atoms with Crippen molar-refractivity contribution in [3.8, 4) is 0 Å². The van der Waals surface area contributed by atoms with Gasteiger partial charge in [-0.3, -0.25) is 4.79 Å². The Kier molecular flexibility index (Phi) is 5.02. The molecule has 0 heterocycles. The number of amides is 1. The van der Waals surface area contributed by atoms with Gasteiger partial charge in [-0.15, -0.1) is 0 Å². The Morgan fingerprint density at radius 2 is 1.85 bits per heavy atom. The summed E-state index contributed by atoms with van der Waals surface area (Å²) in [4.78, 5) is 15.4. The van der Waals surface area contributed by atoms with E-state index in [1.54, 1.807) is 18.2 Å². The van der Waals surface area contributed by atoms with Gasteiger partial charge in [-0.25, -0.2) is 0 Å². The van der Waals surface area contributed by atoms with Crippen LogP contribution >= 0.6 is 11.6 Å². The van der Waals surface area contributed by atoms with Crippen molar-refractivity contribution in [2.24, 2.45) is 5.41 Å². The summed E-state index contributed by atoms with van der Waals surface area (Å²) in [6, 6.07) is 13.9. The second-order valence-corrected chi connectivity index (χ2v) is 8.96. The van der Waals surface area contributed by atoms with E-state index in [0.29, 0.717) is 22.8 Å². The average molecular weight is 385 g/mol. The normalized spacial score (nSPS) is 20.0. The SMILES string of the molecule is CCN(C(=O)c1ccc(N)c(Cl)c1)[C@@H]1Cc2ccccc2C(C)(C)C1(C)C. The van der Waals surface area contributed by atoms with Crippen LogP contribution in [0.5, 0.6) is 0 Å². The highest BCUT2D eigenvalue weighted by atomic mass is 35.5. The molecule has 144 valence electrons. The van der Waals surface area contributed by atoms with Crippen LogP contribution in [0.4, 0.5) is 5.69 Å². The van der Waals surface area contributed by atoms with Gasteiger partial charge < -0.3 is 10.6 Å². The number of halogens is 1. The topological polar surface area (TPSA) is 46.3 Å². The van der Waals surface area contributed by atoms with Crippen LogP contribution in [0.1, 0.15) is 56.1 Å². The first kappa shape index (κ1) is 19.8. The maximum atomic E-state index is 13.4. The lowest BCUT2D eigenvalue weighted by Crippen LogP contribution is -2.58. The summed E-state index contributed by atoms with van der Waals surface area (Å²) in [5.41, 5.74) is 9.45. The summed E-state index contributed by atoms with van der Waals surface area (Å²) in [5, 5.41) is 0.422. The Morgan fingerprint density at radius 1 is 1.19 bits per heavy atom. The molecule has 1 amide bonds. The van der Waals surface area contributed by atoms with E-state index in [4.69, 9.17) is 17.3 Å². The Labute approximate surface area is 167 Å². The number of hydrogen-bond donors (Lipinski definition) is 1. The van der Waals surface area contributed by atoms with E-state index in [9.17, 15) is 4.79 Å². The number of anilines is 1. The van der Waals surface area contributed by atoms with Gasteiger partial charge in [-0.1, -0.05) is 63.6 Å². The molecule has 0 spiro atoms. The number of likely N-dealkylation sites (N-methyl/N-ethyl adjacent to an activating group) is 1. The van der Waals surface area contributed by atoms with E-state index in [0.717, 1.165) is 6.42 Å². The van der Waals surface area contributed by atoms with E-state index in [1.807, 2.05) is 11.8 Å². The zero-order chi connectivity index (χ0) is 20.0. The van der Waals surface area contributed by atoms with Crippen LogP contribution in [-0.4, -0.2) is 23.4 Å². The predicted molar refractivity (Wildman–Crippen MR) is 113 cm³/mol. The first-order chi connectivity index (χ1) is 12.6. The molecule has 3 nitrogen and oxygen atoms in total. The van der Waals surface area contributed by atoms with Gasteiger partial charge in [0, 0.05) is 18.2 Å². The molecule has 2 aromatic carbocycles. The minimum atomic E-state index is -0.0926. The van der Waals surface area contributed by atoms with E-state index >= 15 is 0 Å². The van der Waals surface area contributed by atoms with Gasteiger partial charge in [-0.2, -0.15) is 0 Å². The minimum absolute atomic E-state index is 0.00709. The lowest BCUT2D eigenvalue weighted by Gasteiger charge is -2.55. The molecule has 0 unspecified atom stereocenters. The Morgan fingerprint density at radius 3 is 2.48 bits per heavy atom. The molecule has 0 aliphatic heterocycles. The van der Waals surface area contributed by atoms with Crippen molar-refractivity contribution in [3.05, 3.63) is 64.2 Å². The standard InChI is InChI=1S/C23H29ClN2O/c1-6-26(21(27)16-11-12-19(25)18(24)13-16)20-14-15-9-7-8-10-17(15)22(2,3)23(20,4)5/h7-13,20H,6,14,25H2,1-5H3/t20-/m1/s1. The third-order valence-corrected chi connectivity index (χ3v) is 7.10. The molecular weight excluding hydrogens is 356 g/mol. The van der Waals surface area contributed by atoms with Gasteiger partial charge >= 0.3 is 0 Å². The lowest BCUT2D eigenvalue weighted by molar-refractivity contribution is 0.0215. The third-order valence-electron chi connectivity index (χ3n) is 6.77. The van der Waals surface area contributed by atoms with E-state index in [1.165, 1.54) is 11.1 Å². The Bertz CT molecular complexity index is 872. The third kappa shape index (κ3) is 3.12. The highest BCUT2D eigenvalue weighted by molar-refractivity contribution is 6.33. The van der Waals surface area contributed by atoms with Gasteiger partial charge in [0.1, 0.15) is 0 Å². The highest BCUT2D eigenvalue weighted by Crippen LogP contribution is 2.51. The molecule has 0 fully saturated rings. The smallest absolute Gasteiger partial charge is 0.254 e. The minimum Gasteiger partial charge on any atom is -0.398 e. The summed E-state index contributed by atoms with van der Waals surface area (Å²) in [7, 11) is 0. The molecule has 1 aliphatic rings. The Hall–Kier alpha value is -2.00. The quantitative estimate of drug-likeness (QED) is 0.728. The van der Waals surface area contributed by atoms with Crippen LogP contribution in [-0.2, 0) is 11.8 Å². The zero-order valence-corrected chi connectivity index (χ0v) is 17.6.